The van der Waals surface area contributed by atoms with Gasteiger partial charge >= 0.3 is 11.7 Å². The molecule has 2 aromatic carbocycles. The first-order valence-corrected chi connectivity index (χ1v) is 11.1. The molecule has 3 aromatic rings. The number of aromatic hydroxyl groups is 1. The number of aliphatic carboxylic acids is 1. The topological polar surface area (TPSA) is 131 Å². The zero-order chi connectivity index (χ0) is 25.2. The highest BCUT2D eigenvalue weighted by atomic mass is 79.9. The lowest BCUT2D eigenvalue weighted by Gasteiger charge is -2.20. The number of hydrogen-bond acceptors (Lipinski definition) is 5. The third-order valence-corrected chi connectivity index (χ3v) is 5.87. The van der Waals surface area contributed by atoms with E-state index in [2.05, 4.69) is 42.0 Å². The number of benzene rings is 2. The van der Waals surface area contributed by atoms with Crippen LogP contribution in [0, 0.1) is 0 Å². The Kier molecular flexibility index (Phi) is 7.11. The zero-order valence-corrected chi connectivity index (χ0v) is 20.4. The van der Waals surface area contributed by atoms with Crippen molar-refractivity contribution in [2.24, 2.45) is 0 Å². The van der Waals surface area contributed by atoms with E-state index in [1.165, 1.54) is 6.07 Å². The fourth-order valence-electron chi connectivity index (χ4n) is 3.36. The standard InChI is InChI=1S/C24H24BrN3O6/c1-24(2,3)15-10-8-14(9-11-15)13-27-21(32)19(20(31)26-12-18(29)30)22(33)28(23(27)34)17-7-5-4-6-16(17)25/h4-11,32H,12-13H2,1-3H3,(H,26,31)(H,29,30). The lowest BCUT2D eigenvalue weighted by Crippen LogP contribution is -2.44. The van der Waals surface area contributed by atoms with Crippen LogP contribution in [0.25, 0.3) is 5.69 Å². The van der Waals surface area contributed by atoms with Crippen LogP contribution < -0.4 is 16.6 Å². The molecular formula is C24H24BrN3O6. The molecule has 0 spiro atoms. The van der Waals surface area contributed by atoms with E-state index in [9.17, 15) is 24.3 Å². The maximum Gasteiger partial charge on any atom is 0.338 e. The Morgan fingerprint density at radius 2 is 1.65 bits per heavy atom. The second-order valence-corrected chi connectivity index (χ2v) is 9.54. The predicted molar refractivity (Wildman–Crippen MR) is 130 cm³/mol. The molecule has 3 rings (SSSR count). The summed E-state index contributed by atoms with van der Waals surface area (Å²) in [6.45, 7) is 5.30. The quantitative estimate of drug-likeness (QED) is 0.449. The number of rotatable bonds is 6. The first-order chi connectivity index (χ1) is 15.9. The van der Waals surface area contributed by atoms with Gasteiger partial charge in [-0.05, 0) is 44.6 Å². The van der Waals surface area contributed by atoms with Crippen molar-refractivity contribution in [2.75, 3.05) is 6.54 Å². The maximum atomic E-state index is 13.4. The number of para-hydroxylation sites is 1. The third-order valence-electron chi connectivity index (χ3n) is 5.20. The maximum absolute atomic E-state index is 13.4. The predicted octanol–water partition coefficient (Wildman–Crippen LogP) is 2.63. The summed E-state index contributed by atoms with van der Waals surface area (Å²) in [6, 6.07) is 13.8. The summed E-state index contributed by atoms with van der Waals surface area (Å²) < 4.78 is 2.09. The molecule has 0 aliphatic rings. The fraction of sp³-hybridized carbons (Fsp3) is 0.250. The van der Waals surface area contributed by atoms with Crippen molar-refractivity contribution < 1.29 is 19.8 Å². The number of carboxylic acids is 1. The summed E-state index contributed by atoms with van der Waals surface area (Å²) in [7, 11) is 0. The Hall–Kier alpha value is -3.66. The Labute approximate surface area is 203 Å². The molecule has 0 radical (unpaired) electrons. The van der Waals surface area contributed by atoms with Crippen LogP contribution in [-0.2, 0) is 16.8 Å². The van der Waals surface area contributed by atoms with E-state index in [0.29, 0.717) is 10.0 Å². The van der Waals surface area contributed by atoms with Crippen molar-refractivity contribution in [2.45, 2.75) is 32.7 Å². The third kappa shape index (κ3) is 5.12. The van der Waals surface area contributed by atoms with E-state index in [1.807, 2.05) is 12.1 Å². The van der Waals surface area contributed by atoms with Gasteiger partial charge in [0.05, 0.1) is 12.2 Å². The minimum Gasteiger partial charge on any atom is -0.494 e. The van der Waals surface area contributed by atoms with Crippen LogP contribution in [0.2, 0.25) is 0 Å². The lowest BCUT2D eigenvalue weighted by atomic mass is 9.87. The smallest absolute Gasteiger partial charge is 0.338 e. The molecule has 1 heterocycles. The molecule has 0 unspecified atom stereocenters. The molecule has 178 valence electrons. The van der Waals surface area contributed by atoms with Crippen LogP contribution >= 0.6 is 15.9 Å². The number of amides is 1. The summed E-state index contributed by atoms with van der Waals surface area (Å²) in [5.41, 5.74) is -0.857. The Morgan fingerprint density at radius 1 is 1.03 bits per heavy atom. The van der Waals surface area contributed by atoms with Gasteiger partial charge in [-0.15, -0.1) is 0 Å². The molecule has 10 heteroatoms. The van der Waals surface area contributed by atoms with Crippen LogP contribution in [0.15, 0.2) is 62.6 Å². The van der Waals surface area contributed by atoms with Crippen molar-refractivity contribution >= 4 is 27.8 Å². The lowest BCUT2D eigenvalue weighted by molar-refractivity contribution is -0.135. The van der Waals surface area contributed by atoms with Crippen LogP contribution in [0.4, 0.5) is 0 Å². The van der Waals surface area contributed by atoms with E-state index in [0.717, 1.165) is 14.7 Å². The van der Waals surface area contributed by atoms with E-state index < -0.39 is 41.1 Å². The van der Waals surface area contributed by atoms with Gasteiger partial charge in [0, 0.05) is 4.47 Å². The van der Waals surface area contributed by atoms with Gasteiger partial charge in [-0.2, -0.15) is 0 Å². The highest BCUT2D eigenvalue weighted by Gasteiger charge is 2.26. The van der Waals surface area contributed by atoms with Gasteiger partial charge in [0.25, 0.3) is 11.5 Å². The highest BCUT2D eigenvalue weighted by Crippen LogP contribution is 2.23. The average molecular weight is 530 g/mol. The molecule has 0 saturated carbocycles. The number of carboxylic acid groups (broad SMARTS) is 1. The number of halogens is 1. The monoisotopic (exact) mass is 529 g/mol. The van der Waals surface area contributed by atoms with Gasteiger partial charge in [-0.1, -0.05) is 57.2 Å². The zero-order valence-electron chi connectivity index (χ0n) is 18.8. The van der Waals surface area contributed by atoms with E-state index in [4.69, 9.17) is 5.11 Å². The Morgan fingerprint density at radius 3 is 2.21 bits per heavy atom. The van der Waals surface area contributed by atoms with Crippen LogP contribution in [0.5, 0.6) is 5.88 Å². The largest absolute Gasteiger partial charge is 0.494 e. The van der Waals surface area contributed by atoms with E-state index in [-0.39, 0.29) is 17.6 Å². The molecule has 34 heavy (non-hydrogen) atoms. The fourth-order valence-corrected chi connectivity index (χ4v) is 3.83. The molecule has 0 aliphatic carbocycles. The molecule has 0 bridgehead atoms. The van der Waals surface area contributed by atoms with E-state index in [1.54, 1.807) is 30.3 Å². The second-order valence-electron chi connectivity index (χ2n) is 8.68. The van der Waals surface area contributed by atoms with Crippen LogP contribution in [0.3, 0.4) is 0 Å². The minimum atomic E-state index is -1.33. The summed E-state index contributed by atoms with van der Waals surface area (Å²) >= 11 is 3.30. The SMILES string of the molecule is CC(C)(C)c1ccc(Cn2c(O)c(C(=O)NCC(=O)O)c(=O)n(-c3ccccc3Br)c2=O)cc1. The molecule has 9 nitrogen and oxygen atoms in total. The van der Waals surface area contributed by atoms with E-state index >= 15 is 0 Å². The first-order valence-electron chi connectivity index (χ1n) is 10.3. The average Bonchev–Trinajstić information content (AvgIpc) is 2.76. The molecule has 3 N–H and O–H groups in total. The summed E-state index contributed by atoms with van der Waals surface area (Å²) in [6.07, 6.45) is 0. The molecule has 1 amide bonds. The molecule has 0 fully saturated rings. The summed E-state index contributed by atoms with van der Waals surface area (Å²) in [5.74, 6) is -3.28. The number of carbonyl (C=O) groups excluding carboxylic acids is 1. The van der Waals surface area contributed by atoms with Gasteiger partial charge in [-0.3, -0.25) is 19.0 Å². The van der Waals surface area contributed by atoms with Gasteiger partial charge in [0.1, 0.15) is 6.54 Å². The van der Waals surface area contributed by atoms with Gasteiger partial charge in [0.2, 0.25) is 5.88 Å². The molecule has 0 saturated heterocycles. The highest BCUT2D eigenvalue weighted by molar-refractivity contribution is 9.10. The first kappa shape index (κ1) is 25.0. The Bertz CT molecular complexity index is 1370. The van der Waals surface area contributed by atoms with Gasteiger partial charge in [0.15, 0.2) is 5.56 Å². The molecule has 0 atom stereocenters. The molecular weight excluding hydrogens is 506 g/mol. The molecule has 1 aromatic heterocycles. The number of nitrogens with zero attached hydrogens (tertiary/aromatic N) is 2. The number of nitrogens with one attached hydrogen (secondary N) is 1. The van der Waals surface area contributed by atoms with Crippen LogP contribution in [-0.4, -0.2) is 37.8 Å². The number of hydrogen-bond donors (Lipinski definition) is 3. The summed E-state index contributed by atoms with van der Waals surface area (Å²) in [4.78, 5) is 50.1. The second kappa shape index (κ2) is 9.68. The number of carbonyl (C=O) groups is 2. The van der Waals surface area contributed by atoms with Crippen molar-refractivity contribution in [1.82, 2.24) is 14.5 Å². The molecule has 0 aliphatic heterocycles. The van der Waals surface area contributed by atoms with Gasteiger partial charge < -0.3 is 15.5 Å². The van der Waals surface area contributed by atoms with Crippen LogP contribution in [0.1, 0.15) is 42.3 Å². The van der Waals surface area contributed by atoms with Crippen molar-refractivity contribution in [3.05, 3.63) is 90.5 Å². The normalized spacial score (nSPS) is 11.3. The van der Waals surface area contributed by atoms with Crippen molar-refractivity contribution in [1.29, 1.82) is 0 Å². The van der Waals surface area contributed by atoms with Crippen molar-refractivity contribution in [3.63, 3.8) is 0 Å². The minimum absolute atomic E-state index is 0.0836. The summed E-state index contributed by atoms with van der Waals surface area (Å²) in [5, 5.41) is 21.7. The number of aromatic nitrogens is 2. The van der Waals surface area contributed by atoms with Gasteiger partial charge in [-0.25, -0.2) is 9.36 Å². The Balaban J connectivity index is 2.21. The van der Waals surface area contributed by atoms with Crippen molar-refractivity contribution in [3.8, 4) is 11.6 Å².